The number of amides is 2. The van der Waals surface area contributed by atoms with Crippen LogP contribution in [0.25, 0.3) is 0 Å². The lowest BCUT2D eigenvalue weighted by molar-refractivity contribution is -0.136. The van der Waals surface area contributed by atoms with Crippen molar-refractivity contribution in [3.8, 4) is 0 Å². The zero-order chi connectivity index (χ0) is 20.5. The molecule has 1 aliphatic heterocycles. The van der Waals surface area contributed by atoms with E-state index in [9.17, 15) is 9.59 Å². The molecule has 0 aliphatic carbocycles. The summed E-state index contributed by atoms with van der Waals surface area (Å²) in [6, 6.07) is 17.7. The first kappa shape index (κ1) is 21.0. The van der Waals surface area contributed by atoms with Crippen LogP contribution in [0.4, 0.5) is 5.69 Å². The van der Waals surface area contributed by atoms with Crippen LogP contribution >= 0.6 is 0 Å². The van der Waals surface area contributed by atoms with Gasteiger partial charge in [0.05, 0.1) is 12.7 Å². The van der Waals surface area contributed by atoms with Crippen LogP contribution in [0.2, 0.25) is 0 Å². The summed E-state index contributed by atoms with van der Waals surface area (Å²) in [6.07, 6.45) is 1.91. The summed E-state index contributed by atoms with van der Waals surface area (Å²) < 4.78 is 5.89. The fourth-order valence-electron chi connectivity index (χ4n) is 3.41. The Labute approximate surface area is 172 Å². The fourth-order valence-corrected chi connectivity index (χ4v) is 3.41. The molecule has 2 aromatic rings. The lowest BCUT2D eigenvalue weighted by atomic mass is 10.1. The van der Waals surface area contributed by atoms with Gasteiger partial charge in [0.15, 0.2) is 0 Å². The van der Waals surface area contributed by atoms with Crippen molar-refractivity contribution in [2.24, 2.45) is 0 Å². The summed E-state index contributed by atoms with van der Waals surface area (Å²) in [5, 5.41) is 5.35. The molecule has 1 fully saturated rings. The number of carbonyl (C=O) groups excluding carboxylic acids is 2. The summed E-state index contributed by atoms with van der Waals surface area (Å²) >= 11 is 0. The van der Waals surface area contributed by atoms with Crippen LogP contribution < -0.4 is 10.6 Å². The average Bonchev–Trinajstić information content (AvgIpc) is 2.76. The van der Waals surface area contributed by atoms with E-state index in [1.54, 1.807) is 6.07 Å². The molecule has 0 radical (unpaired) electrons. The van der Waals surface area contributed by atoms with Gasteiger partial charge in [-0.1, -0.05) is 48.5 Å². The van der Waals surface area contributed by atoms with E-state index >= 15 is 0 Å². The van der Waals surface area contributed by atoms with E-state index in [0.29, 0.717) is 12.2 Å². The normalized spacial score (nSPS) is 16.9. The van der Waals surface area contributed by atoms with E-state index in [4.69, 9.17) is 4.74 Å². The van der Waals surface area contributed by atoms with Gasteiger partial charge in [-0.05, 0) is 43.5 Å². The first-order valence-corrected chi connectivity index (χ1v) is 10.2. The minimum Gasteiger partial charge on any atom is -0.371 e. The molecule has 6 nitrogen and oxygen atoms in total. The molecule has 1 heterocycles. The first-order chi connectivity index (χ1) is 14.1. The van der Waals surface area contributed by atoms with E-state index in [-0.39, 0.29) is 6.10 Å². The number of benzene rings is 2. The summed E-state index contributed by atoms with van der Waals surface area (Å²) in [5.74, 6) is -1.22. The highest BCUT2D eigenvalue weighted by atomic mass is 16.5. The summed E-state index contributed by atoms with van der Waals surface area (Å²) in [7, 11) is 0. The lowest BCUT2D eigenvalue weighted by Crippen LogP contribution is -2.39. The monoisotopic (exact) mass is 395 g/mol. The number of hydrogen-bond acceptors (Lipinski definition) is 4. The Morgan fingerprint density at radius 3 is 2.59 bits per heavy atom. The molecule has 0 bridgehead atoms. The van der Waals surface area contributed by atoms with Crippen LogP contribution in [0.1, 0.15) is 30.1 Å². The molecule has 1 aliphatic rings. The van der Waals surface area contributed by atoms with E-state index < -0.39 is 11.8 Å². The molecule has 2 N–H and O–H groups in total. The number of anilines is 1. The number of hydrogen-bond donors (Lipinski definition) is 2. The lowest BCUT2D eigenvalue weighted by Gasteiger charge is -2.33. The van der Waals surface area contributed by atoms with Crippen LogP contribution in [0.3, 0.4) is 0 Å². The molecule has 1 atom stereocenters. The molecular weight excluding hydrogens is 366 g/mol. The van der Waals surface area contributed by atoms with Crippen LogP contribution in [-0.4, -0.2) is 49.5 Å². The fraction of sp³-hybridized carbons (Fsp3) is 0.391. The molecule has 1 unspecified atom stereocenters. The Bertz CT molecular complexity index is 810. The van der Waals surface area contributed by atoms with Gasteiger partial charge >= 0.3 is 11.8 Å². The van der Waals surface area contributed by atoms with E-state index in [0.717, 1.165) is 44.6 Å². The highest BCUT2D eigenvalue weighted by Crippen LogP contribution is 2.22. The number of unbranched alkanes of at least 4 members (excludes halogenated alkanes) is 1. The van der Waals surface area contributed by atoms with Crippen molar-refractivity contribution in [2.45, 2.75) is 25.9 Å². The molecule has 29 heavy (non-hydrogen) atoms. The number of carbonyl (C=O) groups is 2. The van der Waals surface area contributed by atoms with Crippen LogP contribution in [0, 0.1) is 6.92 Å². The first-order valence-electron chi connectivity index (χ1n) is 10.2. The smallest absolute Gasteiger partial charge is 0.313 e. The predicted octanol–water partition coefficient (Wildman–Crippen LogP) is 2.90. The molecule has 0 aromatic heterocycles. The molecule has 0 saturated carbocycles. The maximum atomic E-state index is 12.0. The largest absolute Gasteiger partial charge is 0.371 e. The van der Waals surface area contributed by atoms with E-state index in [1.807, 2.05) is 43.3 Å². The van der Waals surface area contributed by atoms with Gasteiger partial charge in [0, 0.05) is 25.3 Å². The standard InChI is InChI=1S/C23H29N3O3/c1-18-9-5-6-12-20(18)25-23(28)22(27)24-13-7-8-14-26-15-16-29-21(17-26)19-10-3-2-4-11-19/h2-6,9-12,21H,7-8,13-17H2,1H3,(H,24,27)(H,25,28). The van der Waals surface area contributed by atoms with Crippen molar-refractivity contribution in [1.82, 2.24) is 10.2 Å². The number of nitrogens with one attached hydrogen (secondary N) is 2. The molecule has 1 saturated heterocycles. The van der Waals surface area contributed by atoms with Crippen molar-refractivity contribution in [2.75, 3.05) is 38.1 Å². The van der Waals surface area contributed by atoms with Crippen molar-refractivity contribution < 1.29 is 14.3 Å². The Kier molecular flexibility index (Phi) is 7.78. The highest BCUT2D eigenvalue weighted by molar-refractivity contribution is 6.39. The average molecular weight is 396 g/mol. The Morgan fingerprint density at radius 1 is 1.03 bits per heavy atom. The van der Waals surface area contributed by atoms with Gasteiger partial charge in [0.25, 0.3) is 0 Å². The molecular formula is C23H29N3O3. The van der Waals surface area contributed by atoms with Crippen molar-refractivity contribution >= 4 is 17.5 Å². The van der Waals surface area contributed by atoms with Gasteiger partial charge < -0.3 is 15.4 Å². The maximum Gasteiger partial charge on any atom is 0.313 e. The van der Waals surface area contributed by atoms with Crippen molar-refractivity contribution in [3.63, 3.8) is 0 Å². The minimum absolute atomic E-state index is 0.120. The summed E-state index contributed by atoms with van der Waals surface area (Å²) in [5.41, 5.74) is 2.80. The summed E-state index contributed by atoms with van der Waals surface area (Å²) in [6.45, 7) is 5.88. The van der Waals surface area contributed by atoms with E-state index in [1.165, 1.54) is 5.56 Å². The second kappa shape index (κ2) is 10.7. The number of para-hydroxylation sites is 1. The van der Waals surface area contributed by atoms with Crippen LogP contribution in [0.5, 0.6) is 0 Å². The van der Waals surface area contributed by atoms with Crippen molar-refractivity contribution in [3.05, 3.63) is 65.7 Å². The number of aryl methyl sites for hydroxylation is 1. The predicted molar refractivity (Wildman–Crippen MR) is 114 cm³/mol. The van der Waals surface area contributed by atoms with Gasteiger partial charge in [-0.15, -0.1) is 0 Å². The van der Waals surface area contributed by atoms with Gasteiger partial charge in [-0.2, -0.15) is 0 Å². The number of morpholine rings is 1. The second-order valence-electron chi connectivity index (χ2n) is 7.30. The third kappa shape index (κ3) is 6.41. The van der Waals surface area contributed by atoms with Crippen LogP contribution in [-0.2, 0) is 14.3 Å². The Hall–Kier alpha value is -2.70. The third-order valence-electron chi connectivity index (χ3n) is 5.11. The van der Waals surface area contributed by atoms with Gasteiger partial charge in [0.2, 0.25) is 0 Å². The number of rotatable bonds is 7. The summed E-state index contributed by atoms with van der Waals surface area (Å²) in [4.78, 5) is 26.4. The zero-order valence-electron chi connectivity index (χ0n) is 16.9. The molecule has 2 amide bonds. The van der Waals surface area contributed by atoms with E-state index in [2.05, 4.69) is 27.7 Å². The zero-order valence-corrected chi connectivity index (χ0v) is 16.9. The van der Waals surface area contributed by atoms with Crippen molar-refractivity contribution in [1.29, 1.82) is 0 Å². The molecule has 6 heteroatoms. The molecule has 2 aromatic carbocycles. The van der Waals surface area contributed by atoms with Gasteiger partial charge in [-0.25, -0.2) is 0 Å². The quantitative estimate of drug-likeness (QED) is 0.559. The molecule has 3 rings (SSSR count). The number of ether oxygens (including phenoxy) is 1. The number of nitrogens with zero attached hydrogens (tertiary/aromatic N) is 1. The molecule has 154 valence electrons. The van der Waals surface area contributed by atoms with Crippen LogP contribution in [0.15, 0.2) is 54.6 Å². The van der Waals surface area contributed by atoms with Gasteiger partial charge in [-0.3, -0.25) is 14.5 Å². The highest BCUT2D eigenvalue weighted by Gasteiger charge is 2.21. The topological polar surface area (TPSA) is 70.7 Å². The van der Waals surface area contributed by atoms with Gasteiger partial charge in [0.1, 0.15) is 0 Å². The Balaban J connectivity index is 1.32. The Morgan fingerprint density at radius 2 is 1.79 bits per heavy atom. The molecule has 0 spiro atoms. The third-order valence-corrected chi connectivity index (χ3v) is 5.11. The minimum atomic E-state index is -0.627. The maximum absolute atomic E-state index is 12.0. The SMILES string of the molecule is Cc1ccccc1NC(=O)C(=O)NCCCCN1CCOC(c2ccccc2)C1. The second-order valence-corrected chi connectivity index (χ2v) is 7.30.